The van der Waals surface area contributed by atoms with Crippen molar-refractivity contribution in [3.8, 4) is 51.8 Å². The fourth-order valence-corrected chi connectivity index (χ4v) is 7.74. The van der Waals surface area contributed by atoms with Crippen LogP contribution in [-0.4, -0.2) is 9.13 Å². The summed E-state index contributed by atoms with van der Waals surface area (Å²) < 4.78 is 4.54. The van der Waals surface area contributed by atoms with E-state index in [0.717, 1.165) is 68.3 Å². The quantitative estimate of drug-likeness (QED) is 0.193. The van der Waals surface area contributed by atoms with Crippen LogP contribution in [0.4, 0.5) is 0 Å². The van der Waals surface area contributed by atoms with E-state index in [2.05, 4.69) is 118 Å². The number of aryl methyl sites for hydroxylation is 1. The number of para-hydroxylation sites is 2. The van der Waals surface area contributed by atoms with Crippen LogP contribution in [0, 0.1) is 34.0 Å². The smallest absolute Gasteiger partial charge is 0.0998 e. The minimum Gasteiger partial charge on any atom is -0.309 e. The molecule has 0 saturated carbocycles. The van der Waals surface area contributed by atoms with Crippen molar-refractivity contribution < 1.29 is 0 Å². The maximum absolute atomic E-state index is 10.4. The zero-order valence-electron chi connectivity index (χ0n) is 26.9. The third-order valence-electron chi connectivity index (χ3n) is 9.91. The number of nitriles is 3. The van der Waals surface area contributed by atoms with Crippen molar-refractivity contribution in [3.05, 3.63) is 161 Å². The zero-order chi connectivity index (χ0) is 33.8. The van der Waals surface area contributed by atoms with Gasteiger partial charge < -0.3 is 9.13 Å². The van der Waals surface area contributed by atoms with Gasteiger partial charge in [0.2, 0.25) is 0 Å². The van der Waals surface area contributed by atoms with Crippen LogP contribution in [0.3, 0.4) is 0 Å². The number of hydrogen-bond acceptors (Lipinski definition) is 3. The second kappa shape index (κ2) is 11.5. The van der Waals surface area contributed by atoms with Gasteiger partial charge >= 0.3 is 0 Å². The summed E-state index contributed by atoms with van der Waals surface area (Å²) in [4.78, 5) is 0. The van der Waals surface area contributed by atoms with Gasteiger partial charge in [-0.15, -0.1) is 0 Å². The van der Waals surface area contributed by atoms with Crippen molar-refractivity contribution in [1.82, 2.24) is 9.13 Å². The number of nitrogens with zero attached hydrogens (tertiary/aromatic N) is 5. The Morgan fingerprint density at radius 2 is 1.20 bits per heavy atom. The van der Waals surface area contributed by atoms with Crippen LogP contribution in [0.1, 0.15) is 34.4 Å². The molecule has 0 aliphatic heterocycles. The SMILES string of the molecule is N#Cc1ccc2c(c1)c1cc(C#N)ccc1n2-c1ccc(-c2c(C#N)cccc2-c2ccccc2-n2c3c(c4ccccc42)CCC=C3)cc1. The molecule has 2 aromatic heterocycles. The fourth-order valence-electron chi connectivity index (χ4n) is 7.74. The van der Waals surface area contributed by atoms with Crippen molar-refractivity contribution in [1.29, 1.82) is 15.8 Å². The van der Waals surface area contributed by atoms with Crippen LogP contribution in [0.25, 0.3) is 72.4 Å². The van der Waals surface area contributed by atoms with E-state index in [1.807, 2.05) is 48.5 Å². The monoisotopic (exact) mass is 637 g/mol. The predicted octanol–water partition coefficient (Wildman–Crippen LogP) is 10.6. The fraction of sp³-hybridized carbons (Fsp3) is 0.0444. The van der Waals surface area contributed by atoms with Crippen molar-refractivity contribution in [3.63, 3.8) is 0 Å². The van der Waals surface area contributed by atoms with E-state index in [1.165, 1.54) is 22.2 Å². The summed E-state index contributed by atoms with van der Waals surface area (Å²) in [5.41, 5.74) is 13.3. The van der Waals surface area contributed by atoms with E-state index < -0.39 is 0 Å². The third-order valence-corrected chi connectivity index (χ3v) is 9.91. The first-order valence-corrected chi connectivity index (χ1v) is 16.6. The molecule has 0 unspecified atom stereocenters. The van der Waals surface area contributed by atoms with Crippen LogP contribution in [0.15, 0.2) is 133 Å². The Morgan fingerprint density at radius 1 is 0.540 bits per heavy atom. The molecule has 6 aromatic carbocycles. The second-order valence-corrected chi connectivity index (χ2v) is 12.6. The molecule has 0 amide bonds. The van der Waals surface area contributed by atoms with Crippen molar-refractivity contribution >= 4 is 38.8 Å². The molecule has 8 aromatic rings. The lowest BCUT2D eigenvalue weighted by molar-refractivity contribution is 0.968. The predicted molar refractivity (Wildman–Crippen MR) is 200 cm³/mol. The van der Waals surface area contributed by atoms with E-state index in [9.17, 15) is 15.8 Å². The molecule has 1 aliphatic rings. The molecule has 50 heavy (non-hydrogen) atoms. The van der Waals surface area contributed by atoms with Crippen molar-refractivity contribution in [2.24, 2.45) is 0 Å². The van der Waals surface area contributed by atoms with Gasteiger partial charge in [-0.25, -0.2) is 0 Å². The summed E-state index contributed by atoms with van der Waals surface area (Å²) in [5, 5.41) is 32.8. The van der Waals surface area contributed by atoms with E-state index in [-0.39, 0.29) is 0 Å². The van der Waals surface area contributed by atoms with Crippen LogP contribution in [-0.2, 0) is 6.42 Å². The van der Waals surface area contributed by atoms with E-state index in [4.69, 9.17) is 0 Å². The van der Waals surface area contributed by atoms with Crippen LogP contribution >= 0.6 is 0 Å². The van der Waals surface area contributed by atoms with E-state index >= 15 is 0 Å². The molecule has 0 atom stereocenters. The van der Waals surface area contributed by atoms with Gasteiger partial charge in [0, 0.05) is 38.7 Å². The minimum absolute atomic E-state index is 0.569. The molecule has 0 bridgehead atoms. The topological polar surface area (TPSA) is 81.2 Å². The zero-order valence-corrected chi connectivity index (χ0v) is 26.9. The van der Waals surface area contributed by atoms with Crippen LogP contribution in [0.2, 0.25) is 0 Å². The molecule has 1 aliphatic carbocycles. The van der Waals surface area contributed by atoms with Gasteiger partial charge in [-0.1, -0.05) is 66.7 Å². The van der Waals surface area contributed by atoms with Gasteiger partial charge in [-0.05, 0) is 102 Å². The molecule has 0 spiro atoms. The Bertz CT molecular complexity index is 2770. The Kier molecular flexibility index (Phi) is 6.70. The Hall–Kier alpha value is -7.13. The number of fused-ring (bicyclic) bond motifs is 6. The minimum atomic E-state index is 0.569. The lowest BCUT2D eigenvalue weighted by Gasteiger charge is -2.19. The number of allylic oxidation sites excluding steroid dienone is 1. The number of benzene rings is 6. The number of hydrogen-bond donors (Lipinski definition) is 0. The lowest BCUT2D eigenvalue weighted by Crippen LogP contribution is -2.03. The highest BCUT2D eigenvalue weighted by molar-refractivity contribution is 6.10. The third kappa shape index (κ3) is 4.37. The second-order valence-electron chi connectivity index (χ2n) is 12.6. The molecular weight excluding hydrogens is 611 g/mol. The highest BCUT2D eigenvalue weighted by Gasteiger charge is 2.22. The maximum Gasteiger partial charge on any atom is 0.0998 e. The number of aromatic nitrogens is 2. The van der Waals surface area contributed by atoms with Crippen LogP contribution < -0.4 is 0 Å². The molecule has 0 radical (unpaired) electrons. The summed E-state index contributed by atoms with van der Waals surface area (Å²) in [6.45, 7) is 0. The van der Waals surface area contributed by atoms with Gasteiger partial charge in [0.15, 0.2) is 0 Å². The Balaban J connectivity index is 1.23. The summed E-state index contributed by atoms with van der Waals surface area (Å²) in [6, 6.07) is 49.7. The van der Waals surface area contributed by atoms with E-state index in [1.54, 1.807) is 0 Å². The molecule has 5 nitrogen and oxygen atoms in total. The largest absolute Gasteiger partial charge is 0.309 e. The molecule has 9 rings (SSSR count). The summed E-state index contributed by atoms with van der Waals surface area (Å²) in [6.07, 6.45) is 6.54. The highest BCUT2D eigenvalue weighted by Crippen LogP contribution is 2.42. The molecule has 5 heteroatoms. The Labute approximate surface area is 289 Å². The molecule has 0 N–H and O–H groups in total. The first kappa shape index (κ1) is 29.0. The highest BCUT2D eigenvalue weighted by atomic mass is 15.0. The standard InChI is InChI=1S/C45H27N5/c46-26-29-16-22-43-38(24-29)39-25-30(27-47)17-23-44(39)49(43)33-20-18-31(19-21-33)45-32(28-48)8-7-12-37(45)36-11-3-6-15-42(36)50-40-13-4-1-9-34(40)35-10-2-5-14-41(35)50/h1,3-9,11-25H,2,10H2. The lowest BCUT2D eigenvalue weighted by atomic mass is 9.90. The van der Waals surface area contributed by atoms with Gasteiger partial charge in [-0.2, -0.15) is 15.8 Å². The van der Waals surface area contributed by atoms with E-state index in [0.29, 0.717) is 16.7 Å². The average Bonchev–Trinajstić information content (AvgIpc) is 3.69. The first-order chi connectivity index (χ1) is 24.7. The van der Waals surface area contributed by atoms with Gasteiger partial charge in [0.1, 0.15) is 0 Å². The van der Waals surface area contributed by atoms with Gasteiger partial charge in [0.25, 0.3) is 0 Å². The summed E-state index contributed by atoms with van der Waals surface area (Å²) in [5.74, 6) is 0. The van der Waals surface area contributed by atoms with Gasteiger partial charge in [-0.3, -0.25) is 0 Å². The van der Waals surface area contributed by atoms with Gasteiger partial charge in [0.05, 0.1) is 57.1 Å². The molecule has 0 saturated heterocycles. The van der Waals surface area contributed by atoms with Crippen LogP contribution in [0.5, 0.6) is 0 Å². The summed E-state index contributed by atoms with van der Waals surface area (Å²) in [7, 11) is 0. The normalized spacial score (nSPS) is 12.1. The Morgan fingerprint density at radius 3 is 1.92 bits per heavy atom. The number of rotatable bonds is 4. The molecule has 232 valence electrons. The first-order valence-electron chi connectivity index (χ1n) is 16.6. The van der Waals surface area contributed by atoms with Crippen molar-refractivity contribution in [2.45, 2.75) is 12.8 Å². The molecule has 2 heterocycles. The van der Waals surface area contributed by atoms with Crippen molar-refractivity contribution in [2.75, 3.05) is 0 Å². The average molecular weight is 638 g/mol. The maximum atomic E-state index is 10.4. The summed E-state index contributed by atoms with van der Waals surface area (Å²) >= 11 is 0. The molecular formula is C45H27N5. The molecule has 0 fully saturated rings.